The molecule has 1 aromatic heterocycles. The van der Waals surface area contributed by atoms with Crippen molar-refractivity contribution in [3.8, 4) is 11.5 Å². The van der Waals surface area contributed by atoms with Crippen LogP contribution in [0.25, 0.3) is 10.8 Å². The maximum absolute atomic E-state index is 6.06. The Bertz CT molecular complexity index is 1210. The summed E-state index contributed by atoms with van der Waals surface area (Å²) in [6.45, 7) is 5.49. The molecule has 0 bridgehead atoms. The first-order valence-electron chi connectivity index (χ1n) is 14.4. The highest BCUT2D eigenvalue weighted by molar-refractivity contribution is 5.94. The Morgan fingerprint density at radius 1 is 0.857 bits per heavy atom. The zero-order valence-corrected chi connectivity index (χ0v) is 27.4. The molecule has 2 aromatic carbocycles. The lowest BCUT2D eigenvalue weighted by Crippen LogP contribution is -2.38. The van der Waals surface area contributed by atoms with Crippen molar-refractivity contribution in [2.45, 2.75) is 63.8 Å². The number of hydrogen-bond donors (Lipinski definition) is 1. The third kappa shape index (κ3) is 9.46. The number of likely N-dealkylation sites (tertiary alicyclic amines) is 2. The fraction of sp³-hybridized carbons (Fsp3) is 0.548. The Hall–Kier alpha value is -2.07. The monoisotopic (exact) mass is 641 g/mol. The van der Waals surface area contributed by atoms with E-state index >= 15 is 0 Å². The summed E-state index contributed by atoms with van der Waals surface area (Å²) < 4.78 is 16.9. The van der Waals surface area contributed by atoms with E-state index in [-0.39, 0.29) is 37.2 Å². The van der Waals surface area contributed by atoms with Crippen LogP contribution in [0.3, 0.4) is 0 Å². The molecule has 2 fully saturated rings. The van der Waals surface area contributed by atoms with Crippen molar-refractivity contribution in [2.75, 3.05) is 52.8 Å². The van der Waals surface area contributed by atoms with Crippen LogP contribution in [0.5, 0.6) is 11.5 Å². The van der Waals surface area contributed by atoms with Crippen molar-refractivity contribution in [3.63, 3.8) is 0 Å². The predicted molar refractivity (Wildman–Crippen MR) is 177 cm³/mol. The summed E-state index contributed by atoms with van der Waals surface area (Å²) in [6.07, 6.45) is 7.19. The van der Waals surface area contributed by atoms with Crippen LogP contribution in [0.2, 0.25) is 0 Å². The Kier molecular flexibility index (Phi) is 15.4. The number of fused-ring (bicyclic) bond motifs is 1. The third-order valence-electron chi connectivity index (χ3n) is 8.24. The molecular formula is C31H46Cl3N5O3. The summed E-state index contributed by atoms with van der Waals surface area (Å²) in [6, 6.07) is 15.7. The van der Waals surface area contributed by atoms with Gasteiger partial charge in [-0.1, -0.05) is 18.6 Å². The van der Waals surface area contributed by atoms with E-state index in [1.807, 2.05) is 18.2 Å². The van der Waals surface area contributed by atoms with Gasteiger partial charge < -0.3 is 24.4 Å². The average Bonchev–Trinajstić information content (AvgIpc) is 2.97. The molecule has 1 unspecified atom stereocenters. The van der Waals surface area contributed by atoms with Crippen molar-refractivity contribution in [3.05, 3.63) is 53.7 Å². The molecule has 0 amide bonds. The highest BCUT2D eigenvalue weighted by Gasteiger charge is 2.22. The second-order valence-electron chi connectivity index (χ2n) is 10.9. The van der Waals surface area contributed by atoms with Gasteiger partial charge in [0.05, 0.1) is 26.0 Å². The summed E-state index contributed by atoms with van der Waals surface area (Å²) in [5.41, 5.74) is 2.17. The van der Waals surface area contributed by atoms with E-state index in [2.05, 4.69) is 56.6 Å². The molecule has 0 saturated carbocycles. The summed E-state index contributed by atoms with van der Waals surface area (Å²) in [4.78, 5) is 5.02. The van der Waals surface area contributed by atoms with Crippen molar-refractivity contribution in [1.82, 2.24) is 20.0 Å². The molecule has 11 heteroatoms. The number of rotatable bonds is 11. The number of nitrogens with one attached hydrogen (secondary N) is 1. The first-order valence-corrected chi connectivity index (χ1v) is 14.4. The van der Waals surface area contributed by atoms with Crippen LogP contribution in [0.4, 0.5) is 5.82 Å². The van der Waals surface area contributed by atoms with Gasteiger partial charge in [-0.25, -0.2) is 0 Å². The van der Waals surface area contributed by atoms with Crippen LogP contribution in [0.1, 0.15) is 49.8 Å². The predicted octanol–water partition coefficient (Wildman–Crippen LogP) is 6.38. The number of ether oxygens (including phenoxy) is 3. The lowest BCUT2D eigenvalue weighted by Gasteiger charge is -2.33. The smallest absolute Gasteiger partial charge is 0.156 e. The largest absolute Gasteiger partial charge is 0.497 e. The van der Waals surface area contributed by atoms with Crippen molar-refractivity contribution in [2.24, 2.45) is 0 Å². The Labute approximate surface area is 269 Å². The maximum Gasteiger partial charge on any atom is 0.156 e. The van der Waals surface area contributed by atoms with Gasteiger partial charge in [-0.2, -0.15) is 5.10 Å². The van der Waals surface area contributed by atoms with Crippen LogP contribution in [0.15, 0.2) is 42.5 Å². The topological polar surface area (TPSA) is 72.0 Å². The van der Waals surface area contributed by atoms with E-state index in [4.69, 9.17) is 14.2 Å². The first-order chi connectivity index (χ1) is 19.1. The van der Waals surface area contributed by atoms with Gasteiger partial charge in [0, 0.05) is 49.6 Å². The first kappa shape index (κ1) is 36.1. The van der Waals surface area contributed by atoms with Crippen LogP contribution >= 0.6 is 37.2 Å². The van der Waals surface area contributed by atoms with Crippen LogP contribution in [0, 0.1) is 0 Å². The number of hydrogen-bond acceptors (Lipinski definition) is 8. The summed E-state index contributed by atoms with van der Waals surface area (Å²) >= 11 is 0. The summed E-state index contributed by atoms with van der Waals surface area (Å²) in [5, 5.41) is 14.7. The fourth-order valence-corrected chi connectivity index (χ4v) is 5.87. The lowest BCUT2D eigenvalue weighted by atomic mass is 10.0. The molecule has 0 spiro atoms. The summed E-state index contributed by atoms with van der Waals surface area (Å²) in [7, 11) is 5.61. The molecule has 1 N–H and O–H groups in total. The lowest BCUT2D eigenvalue weighted by molar-refractivity contribution is 0.153. The quantitative estimate of drug-likeness (QED) is 0.258. The molecule has 1 atom stereocenters. The molecule has 0 aliphatic carbocycles. The highest BCUT2D eigenvalue weighted by atomic mass is 35.5. The average molecular weight is 643 g/mol. The summed E-state index contributed by atoms with van der Waals surface area (Å²) in [5.74, 6) is 2.60. The standard InChI is InChI=1S/C31H43N5O3.3ClH/c1-35-16-5-4-6-25(35)15-19-39-26-9-7-23(8-10-26)21-36-17-13-24(14-18-36)32-31-29-20-27(38-3)11-12-28(29)30(22-37-2)33-34-31;;;/h7-12,20,24-25H,4-6,13-19,21-22H2,1-3H3,(H,32,34);3*1H. The number of nitrogens with zero attached hydrogens (tertiary/aromatic N) is 4. The Morgan fingerprint density at radius 2 is 1.60 bits per heavy atom. The minimum Gasteiger partial charge on any atom is -0.497 e. The maximum atomic E-state index is 6.06. The van der Waals surface area contributed by atoms with Crippen molar-refractivity contribution in [1.29, 1.82) is 0 Å². The molecular weight excluding hydrogens is 597 g/mol. The van der Waals surface area contributed by atoms with Gasteiger partial charge in [-0.3, -0.25) is 4.90 Å². The van der Waals surface area contributed by atoms with Gasteiger partial charge in [0.1, 0.15) is 11.5 Å². The molecule has 42 heavy (non-hydrogen) atoms. The van der Waals surface area contributed by atoms with Crippen LogP contribution < -0.4 is 14.8 Å². The fourth-order valence-electron chi connectivity index (χ4n) is 5.87. The van der Waals surface area contributed by atoms with Gasteiger partial charge in [0.2, 0.25) is 0 Å². The molecule has 5 rings (SSSR count). The molecule has 3 heterocycles. The number of aromatic nitrogens is 2. The molecule has 3 aromatic rings. The highest BCUT2D eigenvalue weighted by Crippen LogP contribution is 2.29. The number of anilines is 1. The van der Waals surface area contributed by atoms with Crippen molar-refractivity contribution < 1.29 is 14.2 Å². The second-order valence-corrected chi connectivity index (χ2v) is 10.9. The van der Waals surface area contributed by atoms with E-state index in [0.717, 1.165) is 79.3 Å². The van der Waals surface area contributed by atoms with Gasteiger partial charge in [-0.05, 0) is 81.6 Å². The van der Waals surface area contributed by atoms with Gasteiger partial charge in [0.15, 0.2) is 5.82 Å². The van der Waals surface area contributed by atoms with E-state index in [9.17, 15) is 0 Å². The second kappa shape index (κ2) is 17.9. The molecule has 2 aliphatic heterocycles. The third-order valence-corrected chi connectivity index (χ3v) is 8.24. The zero-order valence-electron chi connectivity index (χ0n) is 24.9. The number of methoxy groups -OCH3 is 2. The molecule has 234 valence electrons. The minimum absolute atomic E-state index is 0. The molecule has 0 radical (unpaired) electrons. The molecule has 2 saturated heterocycles. The van der Waals surface area contributed by atoms with Gasteiger partial charge in [0.25, 0.3) is 0 Å². The van der Waals surface area contributed by atoms with Crippen LogP contribution in [-0.2, 0) is 17.9 Å². The van der Waals surface area contributed by atoms with Crippen LogP contribution in [-0.4, -0.2) is 79.6 Å². The zero-order chi connectivity index (χ0) is 27.0. The number of piperidine rings is 2. The van der Waals surface area contributed by atoms with E-state index < -0.39 is 0 Å². The molecule has 2 aliphatic rings. The minimum atomic E-state index is 0. The number of halogens is 3. The Balaban J connectivity index is 0.00000205. The Morgan fingerprint density at radius 3 is 2.29 bits per heavy atom. The van der Waals surface area contributed by atoms with Gasteiger partial charge >= 0.3 is 0 Å². The van der Waals surface area contributed by atoms with E-state index in [0.29, 0.717) is 18.7 Å². The molecule has 8 nitrogen and oxygen atoms in total. The van der Waals surface area contributed by atoms with Gasteiger partial charge in [-0.15, -0.1) is 42.3 Å². The van der Waals surface area contributed by atoms with Crippen molar-refractivity contribution >= 4 is 53.8 Å². The normalized spacial score (nSPS) is 17.9. The number of benzene rings is 2. The van der Waals surface area contributed by atoms with E-state index in [1.165, 1.54) is 31.4 Å². The van der Waals surface area contributed by atoms with E-state index in [1.54, 1.807) is 14.2 Å². The SMILES string of the molecule is COCc1nnc(NC2CCN(Cc3ccc(OCCC4CCCCN4C)cc3)CC2)c2cc(OC)ccc12.Cl.Cl.Cl.